The molecule has 1 aliphatic heterocycles. The van der Waals surface area contributed by atoms with Crippen LogP contribution in [0.15, 0.2) is 24.3 Å². The molecule has 2 rings (SSSR count). The molecule has 1 fully saturated rings. The summed E-state index contributed by atoms with van der Waals surface area (Å²) in [5.41, 5.74) is 1.89. The third-order valence-electron chi connectivity index (χ3n) is 3.56. The predicted molar refractivity (Wildman–Crippen MR) is 73.8 cm³/mol. The van der Waals surface area contributed by atoms with Gasteiger partial charge in [0.05, 0.1) is 24.2 Å². The van der Waals surface area contributed by atoms with Crippen molar-refractivity contribution >= 4 is 5.97 Å². The normalized spacial score (nSPS) is 22.1. The van der Waals surface area contributed by atoms with Gasteiger partial charge in [-0.3, -0.25) is 4.79 Å². The van der Waals surface area contributed by atoms with Gasteiger partial charge < -0.3 is 9.84 Å². The monoisotopic (exact) mass is 273 g/mol. The Balaban J connectivity index is 1.68. The summed E-state index contributed by atoms with van der Waals surface area (Å²) >= 11 is 0. The highest BCUT2D eigenvalue weighted by Gasteiger charge is 2.26. The number of aryl methyl sites for hydroxylation is 1. The molecule has 1 aliphatic rings. The number of hydrogen-bond donors (Lipinski definition) is 1. The van der Waals surface area contributed by atoms with Crippen molar-refractivity contribution < 1.29 is 14.6 Å². The maximum absolute atomic E-state index is 11.2. The van der Waals surface area contributed by atoms with E-state index < -0.39 is 6.10 Å². The van der Waals surface area contributed by atoms with Gasteiger partial charge in [-0.2, -0.15) is 5.26 Å². The van der Waals surface area contributed by atoms with Crippen molar-refractivity contribution in [2.75, 3.05) is 0 Å². The Labute approximate surface area is 119 Å². The number of cyclic esters (lactones) is 1. The Kier molecular flexibility index (Phi) is 5.14. The van der Waals surface area contributed by atoms with Crippen LogP contribution in [0.2, 0.25) is 0 Å². The highest BCUT2D eigenvalue weighted by molar-refractivity contribution is 5.70. The van der Waals surface area contributed by atoms with Crippen LogP contribution in [0.1, 0.15) is 43.2 Å². The van der Waals surface area contributed by atoms with Crippen LogP contribution < -0.4 is 0 Å². The average Bonchev–Trinajstić information content (AvgIpc) is 2.43. The first-order valence-electron chi connectivity index (χ1n) is 7.04. The standard InChI is InChI=1S/C16H19NO3/c17-11-13-7-5-12(6-8-13)3-1-2-4-15-9-14(18)10-16(19)20-15/h5-8,14-15,18H,1-4,9-10H2/t14-,15+/m1/s1. The topological polar surface area (TPSA) is 70.3 Å². The number of carbonyl (C=O) groups is 1. The first-order valence-corrected chi connectivity index (χ1v) is 7.04. The predicted octanol–water partition coefficient (Wildman–Crippen LogP) is 2.34. The van der Waals surface area contributed by atoms with E-state index in [1.807, 2.05) is 24.3 Å². The van der Waals surface area contributed by atoms with E-state index in [0.717, 1.165) is 25.7 Å². The minimum absolute atomic E-state index is 0.127. The summed E-state index contributed by atoms with van der Waals surface area (Å²) < 4.78 is 5.20. The lowest BCUT2D eigenvalue weighted by molar-refractivity contribution is -0.160. The van der Waals surface area contributed by atoms with Crippen LogP contribution in [0.4, 0.5) is 0 Å². The SMILES string of the molecule is N#Cc1ccc(CCCC[C@H]2C[C@@H](O)CC(=O)O2)cc1. The Morgan fingerprint density at radius 2 is 2.05 bits per heavy atom. The molecule has 1 saturated heterocycles. The van der Waals surface area contributed by atoms with Crippen LogP contribution in [0.5, 0.6) is 0 Å². The molecule has 4 nitrogen and oxygen atoms in total. The minimum Gasteiger partial charge on any atom is -0.462 e. The number of benzene rings is 1. The molecular weight excluding hydrogens is 254 g/mol. The number of aliphatic hydroxyl groups is 1. The van der Waals surface area contributed by atoms with E-state index in [9.17, 15) is 9.90 Å². The van der Waals surface area contributed by atoms with Crippen molar-refractivity contribution in [2.45, 2.75) is 50.7 Å². The van der Waals surface area contributed by atoms with Crippen molar-refractivity contribution in [3.8, 4) is 6.07 Å². The first-order chi connectivity index (χ1) is 9.67. The summed E-state index contributed by atoms with van der Waals surface area (Å²) in [5, 5.41) is 18.2. The van der Waals surface area contributed by atoms with E-state index in [2.05, 4.69) is 6.07 Å². The Hall–Kier alpha value is -1.86. The van der Waals surface area contributed by atoms with Crippen LogP contribution >= 0.6 is 0 Å². The molecule has 0 aliphatic carbocycles. The van der Waals surface area contributed by atoms with Crippen LogP contribution in [-0.2, 0) is 16.0 Å². The number of nitrogens with zero attached hydrogens (tertiary/aromatic N) is 1. The quantitative estimate of drug-likeness (QED) is 0.660. The molecule has 0 aromatic heterocycles. The number of hydrogen-bond acceptors (Lipinski definition) is 4. The second-order valence-electron chi connectivity index (χ2n) is 5.26. The number of aliphatic hydroxyl groups excluding tert-OH is 1. The maximum atomic E-state index is 11.2. The summed E-state index contributed by atoms with van der Waals surface area (Å²) in [4.78, 5) is 11.2. The largest absolute Gasteiger partial charge is 0.462 e. The van der Waals surface area contributed by atoms with Gasteiger partial charge in [-0.05, 0) is 43.4 Å². The van der Waals surface area contributed by atoms with Crippen molar-refractivity contribution in [3.05, 3.63) is 35.4 Å². The summed E-state index contributed by atoms with van der Waals surface area (Å²) in [6.07, 6.45) is 3.74. The van der Waals surface area contributed by atoms with Crippen molar-refractivity contribution in [1.29, 1.82) is 5.26 Å². The van der Waals surface area contributed by atoms with Gasteiger partial charge in [0.15, 0.2) is 0 Å². The van der Waals surface area contributed by atoms with Crippen LogP contribution in [0.25, 0.3) is 0 Å². The summed E-state index contributed by atoms with van der Waals surface area (Å²) in [5.74, 6) is -0.291. The average molecular weight is 273 g/mol. The number of unbranched alkanes of at least 4 members (excludes halogenated alkanes) is 1. The molecule has 0 saturated carbocycles. The molecule has 1 N–H and O–H groups in total. The molecule has 106 valence electrons. The second kappa shape index (κ2) is 7.06. The molecule has 2 atom stereocenters. The van der Waals surface area contributed by atoms with Crippen molar-refractivity contribution in [3.63, 3.8) is 0 Å². The lowest BCUT2D eigenvalue weighted by Crippen LogP contribution is -2.32. The fourth-order valence-corrected chi connectivity index (χ4v) is 2.49. The molecule has 0 spiro atoms. The fourth-order valence-electron chi connectivity index (χ4n) is 2.49. The highest BCUT2D eigenvalue weighted by Crippen LogP contribution is 2.20. The number of rotatable bonds is 5. The molecule has 0 amide bonds. The van der Waals surface area contributed by atoms with E-state index in [0.29, 0.717) is 12.0 Å². The third-order valence-corrected chi connectivity index (χ3v) is 3.56. The van der Waals surface area contributed by atoms with E-state index in [-0.39, 0.29) is 18.5 Å². The zero-order chi connectivity index (χ0) is 14.4. The van der Waals surface area contributed by atoms with Crippen LogP contribution in [0, 0.1) is 11.3 Å². The van der Waals surface area contributed by atoms with E-state index in [4.69, 9.17) is 10.00 Å². The lowest BCUT2D eigenvalue weighted by Gasteiger charge is -2.25. The van der Waals surface area contributed by atoms with Gasteiger partial charge in [-0.15, -0.1) is 0 Å². The fraction of sp³-hybridized carbons (Fsp3) is 0.500. The lowest BCUT2D eigenvalue weighted by atomic mass is 9.99. The maximum Gasteiger partial charge on any atom is 0.308 e. The van der Waals surface area contributed by atoms with E-state index >= 15 is 0 Å². The number of carbonyl (C=O) groups excluding carboxylic acids is 1. The van der Waals surface area contributed by atoms with Crippen molar-refractivity contribution in [2.24, 2.45) is 0 Å². The molecule has 1 aromatic rings. The van der Waals surface area contributed by atoms with Gasteiger partial charge in [-0.1, -0.05) is 12.1 Å². The second-order valence-corrected chi connectivity index (χ2v) is 5.26. The Bertz CT molecular complexity index is 489. The molecule has 20 heavy (non-hydrogen) atoms. The first kappa shape index (κ1) is 14.5. The van der Waals surface area contributed by atoms with Gasteiger partial charge >= 0.3 is 5.97 Å². The molecule has 4 heteroatoms. The summed E-state index contributed by atoms with van der Waals surface area (Å²) in [6, 6.07) is 9.71. The van der Waals surface area contributed by atoms with E-state index in [1.54, 1.807) is 0 Å². The smallest absolute Gasteiger partial charge is 0.308 e. The van der Waals surface area contributed by atoms with Crippen LogP contribution in [-0.4, -0.2) is 23.3 Å². The van der Waals surface area contributed by atoms with Crippen LogP contribution in [0.3, 0.4) is 0 Å². The van der Waals surface area contributed by atoms with Gasteiger partial charge in [0.25, 0.3) is 0 Å². The van der Waals surface area contributed by atoms with Gasteiger partial charge in [-0.25, -0.2) is 0 Å². The van der Waals surface area contributed by atoms with Gasteiger partial charge in [0.1, 0.15) is 6.10 Å². The zero-order valence-corrected chi connectivity index (χ0v) is 11.4. The molecular formula is C16H19NO3. The molecule has 1 aromatic carbocycles. The van der Waals surface area contributed by atoms with E-state index in [1.165, 1.54) is 5.56 Å². The Morgan fingerprint density at radius 1 is 1.30 bits per heavy atom. The molecule has 0 radical (unpaired) electrons. The van der Waals surface area contributed by atoms with Crippen molar-refractivity contribution in [1.82, 2.24) is 0 Å². The van der Waals surface area contributed by atoms with Gasteiger partial charge in [0, 0.05) is 6.42 Å². The number of esters is 1. The number of nitriles is 1. The minimum atomic E-state index is -0.542. The summed E-state index contributed by atoms with van der Waals surface area (Å²) in [6.45, 7) is 0. The van der Waals surface area contributed by atoms with Gasteiger partial charge in [0.2, 0.25) is 0 Å². The molecule has 0 bridgehead atoms. The third kappa shape index (κ3) is 4.36. The summed E-state index contributed by atoms with van der Waals surface area (Å²) in [7, 11) is 0. The Morgan fingerprint density at radius 3 is 2.70 bits per heavy atom. The zero-order valence-electron chi connectivity index (χ0n) is 11.4. The molecule has 0 unspecified atom stereocenters. The molecule has 1 heterocycles. The number of ether oxygens (including phenoxy) is 1. The highest BCUT2D eigenvalue weighted by atomic mass is 16.5.